The molecular weight excluding hydrogens is 224 g/mol. The van der Waals surface area contributed by atoms with Gasteiger partial charge in [-0.3, -0.25) is 4.98 Å². The van der Waals surface area contributed by atoms with Crippen LogP contribution in [-0.4, -0.2) is 29.8 Å². The predicted molar refractivity (Wildman–Crippen MR) is 73.7 cm³/mol. The van der Waals surface area contributed by atoms with Crippen LogP contribution in [0, 0.1) is 6.92 Å². The fraction of sp³-hybridized carbons (Fsp3) is 0.667. The molecular formula is C15H24N2O. The first-order valence-electron chi connectivity index (χ1n) is 7.00. The second kappa shape index (κ2) is 6.30. The van der Waals surface area contributed by atoms with Crippen LogP contribution in [0.1, 0.15) is 37.9 Å². The Labute approximate surface area is 110 Å². The molecule has 0 spiro atoms. The van der Waals surface area contributed by atoms with Crippen LogP contribution in [0.5, 0.6) is 0 Å². The molecule has 1 saturated heterocycles. The highest BCUT2D eigenvalue weighted by atomic mass is 16.5. The summed E-state index contributed by atoms with van der Waals surface area (Å²) in [4.78, 5) is 4.50. The number of aryl methyl sites for hydroxylation is 1. The zero-order chi connectivity index (χ0) is 13.0. The highest BCUT2D eigenvalue weighted by molar-refractivity contribution is 5.19. The molecule has 0 saturated carbocycles. The third-order valence-corrected chi connectivity index (χ3v) is 3.71. The van der Waals surface area contributed by atoms with Gasteiger partial charge in [0.25, 0.3) is 0 Å². The van der Waals surface area contributed by atoms with Gasteiger partial charge in [0.2, 0.25) is 0 Å². The molecule has 3 nitrogen and oxygen atoms in total. The summed E-state index contributed by atoms with van der Waals surface area (Å²) in [6.45, 7) is 7.42. The molecule has 18 heavy (non-hydrogen) atoms. The van der Waals surface area contributed by atoms with E-state index in [0.29, 0.717) is 18.2 Å². The van der Waals surface area contributed by atoms with Crippen molar-refractivity contribution < 1.29 is 4.74 Å². The molecule has 1 fully saturated rings. The first kappa shape index (κ1) is 13.5. The SMILES string of the molecule is CCNC(Cc1ncccc1C)C1CCC(C)O1. The largest absolute Gasteiger partial charge is 0.374 e. The lowest BCUT2D eigenvalue weighted by molar-refractivity contribution is 0.0322. The molecule has 0 aromatic carbocycles. The Kier molecular flexibility index (Phi) is 4.72. The van der Waals surface area contributed by atoms with Crippen molar-refractivity contribution in [2.24, 2.45) is 0 Å². The lowest BCUT2D eigenvalue weighted by Crippen LogP contribution is -2.41. The van der Waals surface area contributed by atoms with Crippen molar-refractivity contribution in [2.45, 2.75) is 58.3 Å². The van der Waals surface area contributed by atoms with E-state index in [0.717, 1.165) is 19.4 Å². The summed E-state index contributed by atoms with van der Waals surface area (Å²) in [7, 11) is 0. The molecule has 3 atom stereocenters. The van der Waals surface area contributed by atoms with Gasteiger partial charge in [-0.05, 0) is 44.9 Å². The van der Waals surface area contributed by atoms with Gasteiger partial charge in [0.1, 0.15) is 0 Å². The minimum atomic E-state index is 0.335. The highest BCUT2D eigenvalue weighted by Gasteiger charge is 2.29. The van der Waals surface area contributed by atoms with Crippen LogP contribution >= 0.6 is 0 Å². The average molecular weight is 248 g/mol. The molecule has 0 bridgehead atoms. The summed E-state index contributed by atoms with van der Waals surface area (Å²) >= 11 is 0. The van der Waals surface area contributed by atoms with Gasteiger partial charge in [-0.1, -0.05) is 13.0 Å². The molecule has 1 aromatic heterocycles. The predicted octanol–water partition coefficient (Wildman–Crippen LogP) is 2.48. The Bertz CT molecular complexity index is 381. The molecule has 1 N–H and O–H groups in total. The summed E-state index contributed by atoms with van der Waals surface area (Å²) < 4.78 is 6.00. The number of nitrogens with one attached hydrogen (secondary N) is 1. The fourth-order valence-corrected chi connectivity index (χ4v) is 2.67. The van der Waals surface area contributed by atoms with E-state index in [-0.39, 0.29) is 0 Å². The van der Waals surface area contributed by atoms with E-state index in [1.165, 1.54) is 17.7 Å². The zero-order valence-corrected chi connectivity index (χ0v) is 11.6. The number of hydrogen-bond acceptors (Lipinski definition) is 3. The van der Waals surface area contributed by atoms with Gasteiger partial charge in [0.05, 0.1) is 12.2 Å². The molecule has 1 aromatic rings. The second-order valence-electron chi connectivity index (χ2n) is 5.20. The number of pyridine rings is 1. The summed E-state index contributed by atoms with van der Waals surface area (Å²) in [6, 6.07) is 4.51. The van der Waals surface area contributed by atoms with Crippen molar-refractivity contribution in [1.82, 2.24) is 10.3 Å². The van der Waals surface area contributed by atoms with Crippen molar-refractivity contribution in [3.63, 3.8) is 0 Å². The van der Waals surface area contributed by atoms with E-state index < -0.39 is 0 Å². The van der Waals surface area contributed by atoms with Gasteiger partial charge >= 0.3 is 0 Å². The maximum absolute atomic E-state index is 6.00. The fourth-order valence-electron chi connectivity index (χ4n) is 2.67. The van der Waals surface area contributed by atoms with E-state index in [2.05, 4.69) is 37.1 Å². The highest BCUT2D eigenvalue weighted by Crippen LogP contribution is 2.23. The number of ether oxygens (including phenoxy) is 1. The second-order valence-corrected chi connectivity index (χ2v) is 5.20. The van der Waals surface area contributed by atoms with Crippen molar-refractivity contribution in [1.29, 1.82) is 0 Å². The number of rotatable bonds is 5. The van der Waals surface area contributed by atoms with Crippen molar-refractivity contribution >= 4 is 0 Å². The van der Waals surface area contributed by atoms with Crippen LogP contribution in [0.3, 0.4) is 0 Å². The Morgan fingerprint density at radius 1 is 1.50 bits per heavy atom. The first-order chi connectivity index (χ1) is 8.70. The van der Waals surface area contributed by atoms with Gasteiger partial charge in [0, 0.05) is 24.4 Å². The number of nitrogens with zero attached hydrogens (tertiary/aromatic N) is 1. The van der Waals surface area contributed by atoms with E-state index in [1.54, 1.807) is 0 Å². The van der Waals surface area contributed by atoms with Crippen molar-refractivity contribution in [2.75, 3.05) is 6.54 Å². The van der Waals surface area contributed by atoms with Gasteiger partial charge in [0.15, 0.2) is 0 Å². The standard InChI is InChI=1S/C15H24N2O/c1-4-16-14(15-8-7-12(3)18-15)10-13-11(2)6-5-9-17-13/h5-6,9,12,14-16H,4,7-8,10H2,1-3H3. The normalized spacial score (nSPS) is 25.3. The van der Waals surface area contributed by atoms with Crippen LogP contribution in [-0.2, 0) is 11.2 Å². The van der Waals surface area contributed by atoms with Crippen molar-refractivity contribution in [3.8, 4) is 0 Å². The molecule has 0 radical (unpaired) electrons. The Morgan fingerprint density at radius 2 is 2.33 bits per heavy atom. The van der Waals surface area contributed by atoms with Crippen LogP contribution < -0.4 is 5.32 Å². The van der Waals surface area contributed by atoms with Crippen LogP contribution in [0.4, 0.5) is 0 Å². The third kappa shape index (κ3) is 3.30. The molecule has 100 valence electrons. The molecule has 2 heterocycles. The Morgan fingerprint density at radius 3 is 2.94 bits per heavy atom. The zero-order valence-electron chi connectivity index (χ0n) is 11.6. The minimum absolute atomic E-state index is 0.335. The minimum Gasteiger partial charge on any atom is -0.374 e. The summed E-state index contributed by atoms with van der Waals surface area (Å²) in [5.41, 5.74) is 2.46. The molecule has 0 amide bonds. The number of aromatic nitrogens is 1. The lowest BCUT2D eigenvalue weighted by Gasteiger charge is -2.24. The van der Waals surface area contributed by atoms with Gasteiger partial charge in [-0.25, -0.2) is 0 Å². The Hall–Kier alpha value is -0.930. The smallest absolute Gasteiger partial charge is 0.0736 e. The lowest BCUT2D eigenvalue weighted by atomic mass is 10.00. The Balaban J connectivity index is 2.04. The quantitative estimate of drug-likeness (QED) is 0.869. The molecule has 2 rings (SSSR count). The average Bonchev–Trinajstić information content (AvgIpc) is 2.78. The first-order valence-corrected chi connectivity index (χ1v) is 7.00. The van der Waals surface area contributed by atoms with Crippen molar-refractivity contribution in [3.05, 3.63) is 29.6 Å². The maximum Gasteiger partial charge on any atom is 0.0736 e. The number of hydrogen-bond donors (Lipinski definition) is 1. The summed E-state index contributed by atoms with van der Waals surface area (Å²) in [5, 5.41) is 3.56. The van der Waals surface area contributed by atoms with Gasteiger partial charge in [-0.15, -0.1) is 0 Å². The van der Waals surface area contributed by atoms with Gasteiger partial charge < -0.3 is 10.1 Å². The molecule has 1 aliphatic rings. The summed E-state index contributed by atoms with van der Waals surface area (Å²) in [5.74, 6) is 0. The van der Waals surface area contributed by atoms with Crippen LogP contribution in [0.15, 0.2) is 18.3 Å². The van der Waals surface area contributed by atoms with E-state index >= 15 is 0 Å². The molecule has 3 heteroatoms. The van der Waals surface area contributed by atoms with Gasteiger partial charge in [-0.2, -0.15) is 0 Å². The maximum atomic E-state index is 6.00. The monoisotopic (exact) mass is 248 g/mol. The topological polar surface area (TPSA) is 34.2 Å². The molecule has 0 aliphatic carbocycles. The van der Waals surface area contributed by atoms with E-state index in [4.69, 9.17) is 4.74 Å². The van der Waals surface area contributed by atoms with E-state index in [9.17, 15) is 0 Å². The molecule has 1 aliphatic heterocycles. The molecule has 3 unspecified atom stereocenters. The van der Waals surface area contributed by atoms with Crippen LogP contribution in [0.2, 0.25) is 0 Å². The summed E-state index contributed by atoms with van der Waals surface area (Å²) in [6.07, 6.45) is 5.90. The number of likely N-dealkylation sites (N-methyl/N-ethyl adjacent to an activating group) is 1. The van der Waals surface area contributed by atoms with E-state index in [1.807, 2.05) is 12.3 Å². The third-order valence-electron chi connectivity index (χ3n) is 3.71. The van der Waals surface area contributed by atoms with Crippen LogP contribution in [0.25, 0.3) is 0 Å².